The molecular weight excluding hydrogens is 334 g/mol. The van der Waals surface area contributed by atoms with Crippen molar-refractivity contribution in [3.8, 4) is 0 Å². The number of oxazole rings is 1. The Bertz CT molecular complexity index is 1030. The molecule has 132 valence electrons. The van der Waals surface area contributed by atoms with Crippen molar-refractivity contribution in [3.63, 3.8) is 0 Å². The van der Waals surface area contributed by atoms with Gasteiger partial charge in [-0.2, -0.15) is 0 Å². The first-order chi connectivity index (χ1) is 12.6. The normalized spacial score (nSPS) is 14.2. The number of benzene rings is 2. The lowest BCUT2D eigenvalue weighted by molar-refractivity contribution is -0.117. The zero-order chi connectivity index (χ0) is 18.1. The molecule has 0 saturated carbocycles. The Morgan fingerprint density at radius 2 is 1.85 bits per heavy atom. The predicted octanol–water partition coefficient (Wildman–Crippen LogP) is 2.36. The SMILES string of the molecule is O=C(Cn1c(=O)oc2ccccc21)Nc1ccc(N2CCCC2=O)cc1. The molecule has 3 aromatic rings. The molecule has 0 radical (unpaired) electrons. The lowest BCUT2D eigenvalue weighted by atomic mass is 10.2. The monoisotopic (exact) mass is 351 g/mol. The lowest BCUT2D eigenvalue weighted by Crippen LogP contribution is -2.25. The molecule has 1 fully saturated rings. The largest absolute Gasteiger partial charge is 0.420 e. The van der Waals surface area contributed by atoms with E-state index in [1.54, 1.807) is 53.4 Å². The van der Waals surface area contributed by atoms with Crippen LogP contribution in [0, 0.1) is 0 Å². The number of rotatable bonds is 4. The van der Waals surface area contributed by atoms with Crippen molar-refractivity contribution in [2.45, 2.75) is 19.4 Å². The van der Waals surface area contributed by atoms with Gasteiger partial charge in [-0.05, 0) is 42.8 Å². The smallest absolute Gasteiger partial charge is 0.408 e. The van der Waals surface area contributed by atoms with E-state index in [1.807, 2.05) is 0 Å². The minimum Gasteiger partial charge on any atom is -0.408 e. The minimum absolute atomic E-state index is 0.119. The number of nitrogens with zero attached hydrogens (tertiary/aromatic N) is 2. The summed E-state index contributed by atoms with van der Waals surface area (Å²) in [5.74, 6) is -0.777. The first kappa shape index (κ1) is 16.1. The molecule has 0 unspecified atom stereocenters. The topological polar surface area (TPSA) is 84.5 Å². The first-order valence-electron chi connectivity index (χ1n) is 8.40. The average Bonchev–Trinajstić information content (AvgIpc) is 3.19. The Balaban J connectivity index is 1.47. The number of nitrogens with one attached hydrogen (secondary N) is 1. The van der Waals surface area contributed by atoms with Crippen LogP contribution in [0.5, 0.6) is 0 Å². The van der Waals surface area contributed by atoms with Gasteiger partial charge in [-0.15, -0.1) is 0 Å². The van der Waals surface area contributed by atoms with Crippen molar-refractivity contribution in [2.75, 3.05) is 16.8 Å². The average molecular weight is 351 g/mol. The molecule has 1 N–H and O–H groups in total. The fourth-order valence-corrected chi connectivity index (χ4v) is 3.15. The molecule has 2 amide bonds. The maximum Gasteiger partial charge on any atom is 0.420 e. The number of hydrogen-bond donors (Lipinski definition) is 1. The van der Waals surface area contributed by atoms with E-state index in [9.17, 15) is 14.4 Å². The van der Waals surface area contributed by atoms with Gasteiger partial charge in [0.2, 0.25) is 11.8 Å². The summed E-state index contributed by atoms with van der Waals surface area (Å²) in [5, 5.41) is 2.76. The third kappa shape index (κ3) is 2.99. The molecule has 0 atom stereocenters. The number of para-hydroxylation sites is 2. The number of carbonyl (C=O) groups excluding carboxylic acids is 2. The highest BCUT2D eigenvalue weighted by atomic mass is 16.4. The van der Waals surface area contributed by atoms with Crippen molar-refractivity contribution in [3.05, 3.63) is 59.1 Å². The highest BCUT2D eigenvalue weighted by Gasteiger charge is 2.21. The number of anilines is 2. The van der Waals surface area contributed by atoms with Crippen LogP contribution in [0.25, 0.3) is 11.1 Å². The number of hydrogen-bond acceptors (Lipinski definition) is 4. The number of fused-ring (bicyclic) bond motifs is 1. The summed E-state index contributed by atoms with van der Waals surface area (Å²) in [6.07, 6.45) is 1.44. The zero-order valence-electron chi connectivity index (χ0n) is 14.0. The van der Waals surface area contributed by atoms with Crippen LogP contribution in [0.2, 0.25) is 0 Å². The van der Waals surface area contributed by atoms with Crippen LogP contribution >= 0.6 is 0 Å². The Morgan fingerprint density at radius 1 is 1.08 bits per heavy atom. The maximum absolute atomic E-state index is 12.3. The second-order valence-electron chi connectivity index (χ2n) is 6.17. The van der Waals surface area contributed by atoms with Crippen molar-refractivity contribution < 1.29 is 14.0 Å². The number of aromatic nitrogens is 1. The molecule has 2 heterocycles. The lowest BCUT2D eigenvalue weighted by Gasteiger charge is -2.16. The first-order valence-corrected chi connectivity index (χ1v) is 8.40. The van der Waals surface area contributed by atoms with Gasteiger partial charge in [-0.3, -0.25) is 14.2 Å². The fraction of sp³-hybridized carbons (Fsp3) is 0.211. The second-order valence-corrected chi connectivity index (χ2v) is 6.17. The van der Waals surface area contributed by atoms with Crippen LogP contribution in [-0.4, -0.2) is 22.9 Å². The van der Waals surface area contributed by atoms with E-state index >= 15 is 0 Å². The van der Waals surface area contributed by atoms with Crippen LogP contribution in [0.4, 0.5) is 11.4 Å². The Labute approximate surface area is 148 Å². The molecule has 7 nitrogen and oxygen atoms in total. The molecule has 7 heteroatoms. The molecule has 0 bridgehead atoms. The Morgan fingerprint density at radius 3 is 2.58 bits per heavy atom. The molecule has 0 aliphatic carbocycles. The zero-order valence-corrected chi connectivity index (χ0v) is 14.0. The maximum atomic E-state index is 12.3. The molecule has 26 heavy (non-hydrogen) atoms. The molecule has 1 saturated heterocycles. The molecule has 1 aliphatic heterocycles. The Hall–Kier alpha value is -3.35. The molecule has 1 aliphatic rings. The van der Waals surface area contributed by atoms with Crippen molar-refractivity contribution in [1.82, 2.24) is 4.57 Å². The summed E-state index contributed by atoms with van der Waals surface area (Å²) in [6.45, 7) is 0.587. The van der Waals surface area contributed by atoms with Gasteiger partial charge in [0, 0.05) is 24.3 Å². The van der Waals surface area contributed by atoms with E-state index < -0.39 is 5.76 Å². The second kappa shape index (κ2) is 6.51. The van der Waals surface area contributed by atoms with Crippen LogP contribution < -0.4 is 16.0 Å². The van der Waals surface area contributed by atoms with Crippen molar-refractivity contribution in [2.24, 2.45) is 0 Å². The summed E-state index contributed by atoms with van der Waals surface area (Å²) >= 11 is 0. The van der Waals surface area contributed by atoms with E-state index in [4.69, 9.17) is 4.42 Å². The highest BCUT2D eigenvalue weighted by Crippen LogP contribution is 2.23. The van der Waals surface area contributed by atoms with E-state index in [-0.39, 0.29) is 18.4 Å². The van der Waals surface area contributed by atoms with Gasteiger partial charge in [0.05, 0.1) is 5.52 Å². The summed E-state index contributed by atoms with van der Waals surface area (Å²) in [5.41, 5.74) is 2.45. The predicted molar refractivity (Wildman–Crippen MR) is 97.1 cm³/mol. The molecular formula is C19H17N3O4. The van der Waals surface area contributed by atoms with Crippen LogP contribution in [0.15, 0.2) is 57.7 Å². The van der Waals surface area contributed by atoms with Gasteiger partial charge in [0.25, 0.3) is 0 Å². The molecule has 2 aromatic carbocycles. The fourth-order valence-electron chi connectivity index (χ4n) is 3.15. The van der Waals surface area contributed by atoms with Crippen LogP contribution in [0.1, 0.15) is 12.8 Å². The summed E-state index contributed by atoms with van der Waals surface area (Å²) in [4.78, 5) is 37.7. The van der Waals surface area contributed by atoms with Gasteiger partial charge >= 0.3 is 5.76 Å². The third-order valence-electron chi connectivity index (χ3n) is 4.41. The summed E-state index contributed by atoms with van der Waals surface area (Å²) < 4.78 is 6.42. The summed E-state index contributed by atoms with van der Waals surface area (Å²) in [6, 6.07) is 14.1. The van der Waals surface area contributed by atoms with E-state index in [1.165, 1.54) is 4.57 Å². The van der Waals surface area contributed by atoms with E-state index in [2.05, 4.69) is 5.32 Å². The molecule has 0 spiro atoms. The van der Waals surface area contributed by atoms with Gasteiger partial charge in [0.1, 0.15) is 6.54 Å². The van der Waals surface area contributed by atoms with Gasteiger partial charge in [-0.1, -0.05) is 12.1 Å². The van der Waals surface area contributed by atoms with Crippen molar-refractivity contribution in [1.29, 1.82) is 0 Å². The van der Waals surface area contributed by atoms with Crippen LogP contribution in [-0.2, 0) is 16.1 Å². The number of carbonyl (C=O) groups is 2. The number of amides is 2. The molecule has 1 aromatic heterocycles. The summed E-state index contributed by atoms with van der Waals surface area (Å²) in [7, 11) is 0. The van der Waals surface area contributed by atoms with E-state index in [0.717, 1.165) is 18.7 Å². The van der Waals surface area contributed by atoms with Gasteiger partial charge in [-0.25, -0.2) is 4.79 Å². The van der Waals surface area contributed by atoms with Crippen molar-refractivity contribution >= 4 is 34.3 Å². The van der Waals surface area contributed by atoms with Gasteiger partial charge in [0.15, 0.2) is 5.58 Å². The standard InChI is InChI=1S/C19H17N3O4/c23-17(12-22-15-4-1-2-5-16(15)26-19(22)25)20-13-7-9-14(10-8-13)21-11-3-6-18(21)24/h1-2,4-5,7-10H,3,6,11-12H2,(H,20,23). The minimum atomic E-state index is -0.566. The highest BCUT2D eigenvalue weighted by molar-refractivity contribution is 5.96. The van der Waals surface area contributed by atoms with Gasteiger partial charge < -0.3 is 14.6 Å². The quantitative estimate of drug-likeness (QED) is 0.782. The van der Waals surface area contributed by atoms with Crippen LogP contribution in [0.3, 0.4) is 0 Å². The third-order valence-corrected chi connectivity index (χ3v) is 4.41. The van der Waals surface area contributed by atoms with E-state index in [0.29, 0.717) is 23.2 Å². The Kier molecular flexibility index (Phi) is 4.04. The molecule has 4 rings (SSSR count).